The number of aliphatic hydroxyl groups excluding tert-OH is 1. The first-order valence-corrected chi connectivity index (χ1v) is 8.87. The topological polar surface area (TPSA) is 49.8 Å². The summed E-state index contributed by atoms with van der Waals surface area (Å²) in [7, 11) is 0. The Morgan fingerprint density at radius 1 is 1.08 bits per heavy atom. The Hall–Kier alpha value is -2.59. The first-order chi connectivity index (χ1) is 12.3. The van der Waals surface area contributed by atoms with Crippen LogP contribution >= 0.6 is 0 Å². The van der Waals surface area contributed by atoms with Gasteiger partial charge in [-0.15, -0.1) is 0 Å². The van der Waals surface area contributed by atoms with E-state index in [1.807, 2.05) is 87.5 Å². The van der Waals surface area contributed by atoms with E-state index in [9.17, 15) is 9.90 Å². The van der Waals surface area contributed by atoms with E-state index >= 15 is 0 Å². The van der Waals surface area contributed by atoms with Crippen LogP contribution in [0.25, 0.3) is 6.08 Å². The fourth-order valence-electron chi connectivity index (χ4n) is 3.17. The normalized spacial score (nSPS) is 21.8. The molecular weight excluding hydrogens is 326 g/mol. The monoisotopic (exact) mass is 351 g/mol. The summed E-state index contributed by atoms with van der Waals surface area (Å²) in [5.74, 6) is 0. The maximum Gasteiger partial charge on any atom is 0.415 e. The zero-order chi connectivity index (χ0) is 18.7. The third-order valence-electron chi connectivity index (χ3n) is 4.27. The fourth-order valence-corrected chi connectivity index (χ4v) is 3.17. The Bertz CT molecular complexity index is 778. The highest BCUT2D eigenvalue weighted by Gasteiger charge is 2.41. The van der Waals surface area contributed by atoms with Gasteiger partial charge in [-0.2, -0.15) is 0 Å². The molecule has 1 aliphatic heterocycles. The van der Waals surface area contributed by atoms with Gasteiger partial charge in [0.25, 0.3) is 0 Å². The number of aliphatic hydroxyl groups is 1. The van der Waals surface area contributed by atoms with Gasteiger partial charge in [0.15, 0.2) is 0 Å². The first kappa shape index (κ1) is 18.2. The number of likely N-dealkylation sites (tertiary alicyclic amines) is 1. The van der Waals surface area contributed by atoms with Gasteiger partial charge < -0.3 is 9.84 Å². The number of hydrogen-bond donors (Lipinski definition) is 1. The van der Waals surface area contributed by atoms with Crippen molar-refractivity contribution in [1.82, 2.24) is 4.90 Å². The van der Waals surface area contributed by atoms with Crippen molar-refractivity contribution in [3.05, 3.63) is 77.5 Å². The van der Waals surface area contributed by atoms with Gasteiger partial charge in [0.2, 0.25) is 0 Å². The molecule has 2 aromatic rings. The number of ether oxygens (including phenoxy) is 1. The second-order valence-corrected chi connectivity index (χ2v) is 7.51. The molecule has 0 unspecified atom stereocenters. The molecule has 2 aromatic carbocycles. The molecule has 1 fully saturated rings. The van der Waals surface area contributed by atoms with Crippen molar-refractivity contribution in [2.24, 2.45) is 0 Å². The van der Waals surface area contributed by atoms with Crippen LogP contribution in [0.5, 0.6) is 0 Å². The Labute approximate surface area is 154 Å². The number of amides is 1. The van der Waals surface area contributed by atoms with E-state index in [2.05, 4.69) is 0 Å². The summed E-state index contributed by atoms with van der Waals surface area (Å²) >= 11 is 0. The van der Waals surface area contributed by atoms with Crippen LogP contribution in [0.4, 0.5) is 4.79 Å². The van der Waals surface area contributed by atoms with Crippen LogP contribution in [-0.4, -0.2) is 27.8 Å². The van der Waals surface area contributed by atoms with Crippen LogP contribution < -0.4 is 0 Å². The standard InChI is InChI=1S/C22H25NO3/c1-22(2,3)26-21(25)23-18(17-12-8-5-9-13-17)15-20(24)19(23)14-16-10-6-4-7-11-16/h4-14,18,20,24H,15H2,1-3H3/b19-14+/t18-,20-/m1/s1. The lowest BCUT2D eigenvalue weighted by Crippen LogP contribution is -2.36. The summed E-state index contributed by atoms with van der Waals surface area (Å²) in [5, 5.41) is 10.7. The molecule has 1 heterocycles. The van der Waals surface area contributed by atoms with Crippen molar-refractivity contribution in [3.63, 3.8) is 0 Å². The summed E-state index contributed by atoms with van der Waals surface area (Å²) in [6, 6.07) is 19.2. The molecule has 0 aromatic heterocycles. The summed E-state index contributed by atoms with van der Waals surface area (Å²) in [5.41, 5.74) is 1.88. The largest absolute Gasteiger partial charge is 0.443 e. The Balaban J connectivity index is 2.01. The zero-order valence-corrected chi connectivity index (χ0v) is 15.4. The summed E-state index contributed by atoms with van der Waals surface area (Å²) < 4.78 is 5.62. The minimum atomic E-state index is -0.729. The molecule has 26 heavy (non-hydrogen) atoms. The van der Waals surface area contributed by atoms with Crippen LogP contribution in [0.15, 0.2) is 66.4 Å². The van der Waals surface area contributed by atoms with Crippen LogP contribution in [-0.2, 0) is 4.74 Å². The molecule has 0 radical (unpaired) electrons. The molecule has 1 N–H and O–H groups in total. The highest BCUT2D eigenvalue weighted by molar-refractivity contribution is 5.75. The summed E-state index contributed by atoms with van der Waals surface area (Å²) in [4.78, 5) is 14.5. The van der Waals surface area contributed by atoms with E-state index in [1.165, 1.54) is 0 Å². The van der Waals surface area contributed by atoms with E-state index < -0.39 is 17.8 Å². The highest BCUT2D eigenvalue weighted by Crippen LogP contribution is 2.40. The SMILES string of the molecule is CC(C)(C)OC(=O)N1/C(=C/c2ccccc2)[C@H](O)C[C@@H]1c1ccccc1. The van der Waals surface area contributed by atoms with E-state index in [-0.39, 0.29) is 6.04 Å². The maximum absolute atomic E-state index is 12.9. The number of nitrogens with zero attached hydrogens (tertiary/aromatic N) is 1. The van der Waals surface area contributed by atoms with Crippen molar-refractivity contribution in [2.75, 3.05) is 0 Å². The molecule has 0 aliphatic carbocycles. The molecule has 2 atom stereocenters. The lowest BCUT2D eigenvalue weighted by molar-refractivity contribution is 0.0274. The van der Waals surface area contributed by atoms with Crippen LogP contribution in [0.3, 0.4) is 0 Å². The van der Waals surface area contributed by atoms with E-state index in [0.717, 1.165) is 11.1 Å². The number of hydrogen-bond acceptors (Lipinski definition) is 3. The van der Waals surface area contributed by atoms with Crippen molar-refractivity contribution in [3.8, 4) is 0 Å². The van der Waals surface area contributed by atoms with Crippen LogP contribution in [0.2, 0.25) is 0 Å². The lowest BCUT2D eigenvalue weighted by Gasteiger charge is -2.29. The van der Waals surface area contributed by atoms with Gasteiger partial charge in [0, 0.05) is 6.42 Å². The van der Waals surface area contributed by atoms with Crippen LogP contribution in [0, 0.1) is 0 Å². The summed E-state index contributed by atoms with van der Waals surface area (Å²) in [6.45, 7) is 5.53. The quantitative estimate of drug-likeness (QED) is 0.848. The van der Waals surface area contributed by atoms with Crippen LogP contribution in [0.1, 0.15) is 44.4 Å². The molecule has 4 heteroatoms. The minimum absolute atomic E-state index is 0.254. The smallest absolute Gasteiger partial charge is 0.415 e. The maximum atomic E-state index is 12.9. The molecular formula is C22H25NO3. The van der Waals surface area contributed by atoms with Gasteiger partial charge in [-0.05, 0) is 38.0 Å². The van der Waals surface area contributed by atoms with Gasteiger partial charge in [-0.3, -0.25) is 4.90 Å². The number of carbonyl (C=O) groups is 1. The predicted octanol–water partition coefficient (Wildman–Crippen LogP) is 4.77. The lowest BCUT2D eigenvalue weighted by atomic mass is 10.0. The zero-order valence-electron chi connectivity index (χ0n) is 15.4. The molecule has 0 saturated carbocycles. The molecule has 0 bridgehead atoms. The molecule has 1 aliphatic rings. The number of carbonyl (C=O) groups excluding carboxylic acids is 1. The molecule has 4 nitrogen and oxygen atoms in total. The first-order valence-electron chi connectivity index (χ1n) is 8.87. The van der Waals surface area contributed by atoms with Gasteiger partial charge >= 0.3 is 6.09 Å². The van der Waals surface area contributed by atoms with Crippen molar-refractivity contribution in [2.45, 2.75) is 44.9 Å². The van der Waals surface area contributed by atoms with Crippen molar-refractivity contribution >= 4 is 12.2 Å². The second kappa shape index (κ2) is 7.34. The van der Waals surface area contributed by atoms with Gasteiger partial charge in [0.1, 0.15) is 5.60 Å². The molecule has 136 valence electrons. The number of rotatable bonds is 2. The second-order valence-electron chi connectivity index (χ2n) is 7.51. The predicted molar refractivity (Wildman–Crippen MR) is 102 cm³/mol. The Morgan fingerprint density at radius 3 is 2.23 bits per heavy atom. The number of benzene rings is 2. The molecule has 1 amide bonds. The Morgan fingerprint density at radius 2 is 1.65 bits per heavy atom. The van der Waals surface area contributed by atoms with Gasteiger partial charge in [0.05, 0.1) is 17.8 Å². The van der Waals surface area contributed by atoms with E-state index in [4.69, 9.17) is 4.74 Å². The highest BCUT2D eigenvalue weighted by atomic mass is 16.6. The molecule has 3 rings (SSSR count). The average molecular weight is 351 g/mol. The summed E-state index contributed by atoms with van der Waals surface area (Å²) in [6.07, 6.45) is 1.14. The molecule has 1 saturated heterocycles. The van der Waals surface area contributed by atoms with E-state index in [0.29, 0.717) is 12.1 Å². The average Bonchev–Trinajstić information content (AvgIpc) is 2.92. The molecule has 0 spiro atoms. The third kappa shape index (κ3) is 4.14. The third-order valence-corrected chi connectivity index (χ3v) is 4.27. The van der Waals surface area contributed by atoms with Crippen molar-refractivity contribution in [1.29, 1.82) is 0 Å². The van der Waals surface area contributed by atoms with Gasteiger partial charge in [-0.25, -0.2) is 4.79 Å². The van der Waals surface area contributed by atoms with E-state index in [1.54, 1.807) is 4.90 Å². The van der Waals surface area contributed by atoms with Gasteiger partial charge in [-0.1, -0.05) is 60.7 Å². The fraction of sp³-hybridized carbons (Fsp3) is 0.318. The van der Waals surface area contributed by atoms with Crippen molar-refractivity contribution < 1.29 is 14.6 Å². The minimum Gasteiger partial charge on any atom is -0.443 e. The Kier molecular flexibility index (Phi) is 5.14.